The van der Waals surface area contributed by atoms with Crippen LogP contribution < -0.4 is 14.9 Å². The number of anilines is 3. The number of carbonyl (C=O) groups is 1. The molecule has 6 nitrogen and oxygen atoms in total. The van der Waals surface area contributed by atoms with Gasteiger partial charge in [-0.1, -0.05) is 6.07 Å². The minimum absolute atomic E-state index is 0.0421. The van der Waals surface area contributed by atoms with E-state index in [4.69, 9.17) is 0 Å². The zero-order valence-electron chi connectivity index (χ0n) is 16.5. The maximum atomic E-state index is 14.1. The lowest BCUT2D eigenvalue weighted by Gasteiger charge is -2.16. The van der Waals surface area contributed by atoms with Crippen molar-refractivity contribution >= 4 is 33.0 Å². The zero-order valence-corrected chi connectivity index (χ0v) is 17.3. The fourth-order valence-electron chi connectivity index (χ4n) is 2.80. The predicted molar refractivity (Wildman–Crippen MR) is 112 cm³/mol. The third-order valence-electron chi connectivity index (χ3n) is 4.22. The standard InChI is InChI=1S/C21H18F3N3O3S/c1-27(2)20-18(23)11-16(12-19(20)24)25-21(28)13-4-3-5-17(10-13)31(29,30)26-15-8-6-14(22)7-9-15/h3-12,26H,1-2H3,(H,25,28). The Morgan fingerprint density at radius 1 is 0.871 bits per heavy atom. The van der Waals surface area contributed by atoms with Crippen molar-refractivity contribution in [3.05, 3.63) is 83.7 Å². The first-order valence-corrected chi connectivity index (χ1v) is 10.4. The van der Waals surface area contributed by atoms with Crippen molar-refractivity contribution in [1.29, 1.82) is 0 Å². The number of amides is 1. The number of halogens is 3. The summed E-state index contributed by atoms with van der Waals surface area (Å²) in [6.45, 7) is 0. The van der Waals surface area contributed by atoms with Crippen LogP contribution in [-0.2, 0) is 10.0 Å². The van der Waals surface area contributed by atoms with E-state index in [0.29, 0.717) is 0 Å². The highest BCUT2D eigenvalue weighted by atomic mass is 32.2. The predicted octanol–water partition coefficient (Wildman–Crippen LogP) is 4.22. The Balaban J connectivity index is 1.82. The van der Waals surface area contributed by atoms with Crippen LogP contribution in [0, 0.1) is 17.5 Å². The third-order valence-corrected chi connectivity index (χ3v) is 5.60. The molecule has 10 heteroatoms. The van der Waals surface area contributed by atoms with Crippen molar-refractivity contribution in [2.75, 3.05) is 29.0 Å². The Kier molecular flexibility index (Phi) is 6.21. The Morgan fingerprint density at radius 2 is 1.48 bits per heavy atom. The number of nitrogens with one attached hydrogen (secondary N) is 2. The van der Waals surface area contributed by atoms with Gasteiger partial charge in [-0.3, -0.25) is 9.52 Å². The molecule has 1 amide bonds. The van der Waals surface area contributed by atoms with Crippen LogP contribution in [0.4, 0.5) is 30.2 Å². The lowest BCUT2D eigenvalue weighted by molar-refractivity contribution is 0.102. The number of rotatable bonds is 6. The maximum absolute atomic E-state index is 14.1. The lowest BCUT2D eigenvalue weighted by Crippen LogP contribution is -2.17. The van der Waals surface area contributed by atoms with Crippen LogP contribution in [0.2, 0.25) is 0 Å². The molecular formula is C21H18F3N3O3S. The number of hydrogen-bond acceptors (Lipinski definition) is 4. The summed E-state index contributed by atoms with van der Waals surface area (Å²) in [7, 11) is -1.11. The smallest absolute Gasteiger partial charge is 0.261 e. The van der Waals surface area contributed by atoms with E-state index in [1.807, 2.05) is 0 Å². The summed E-state index contributed by atoms with van der Waals surface area (Å²) >= 11 is 0. The third kappa shape index (κ3) is 5.15. The monoisotopic (exact) mass is 449 g/mol. The Bertz CT molecular complexity index is 1210. The molecule has 2 N–H and O–H groups in total. The average molecular weight is 449 g/mol. The number of hydrogen-bond donors (Lipinski definition) is 2. The minimum Gasteiger partial charge on any atom is -0.373 e. The molecule has 0 bridgehead atoms. The molecule has 3 aromatic rings. The van der Waals surface area contributed by atoms with E-state index in [0.717, 1.165) is 30.3 Å². The molecule has 0 aliphatic carbocycles. The summed E-state index contributed by atoms with van der Waals surface area (Å²) in [4.78, 5) is 13.6. The fourth-order valence-corrected chi connectivity index (χ4v) is 3.91. The summed E-state index contributed by atoms with van der Waals surface area (Å²) in [5.74, 6) is -3.00. The van der Waals surface area contributed by atoms with Crippen molar-refractivity contribution in [3.63, 3.8) is 0 Å². The van der Waals surface area contributed by atoms with Gasteiger partial charge < -0.3 is 10.2 Å². The first-order chi connectivity index (χ1) is 14.6. The van der Waals surface area contributed by atoms with Gasteiger partial charge in [-0.2, -0.15) is 0 Å². The van der Waals surface area contributed by atoms with Gasteiger partial charge >= 0.3 is 0 Å². The van der Waals surface area contributed by atoms with Gasteiger partial charge in [0.15, 0.2) is 11.6 Å². The quantitative estimate of drug-likeness (QED) is 0.591. The first kappa shape index (κ1) is 22.2. The van der Waals surface area contributed by atoms with Crippen LogP contribution in [0.15, 0.2) is 65.6 Å². The molecule has 3 rings (SSSR count). The van der Waals surface area contributed by atoms with Crippen molar-refractivity contribution in [1.82, 2.24) is 0 Å². The molecule has 162 valence electrons. The summed E-state index contributed by atoms with van der Waals surface area (Å²) in [5, 5.41) is 2.35. The number of benzene rings is 3. The van der Waals surface area contributed by atoms with Gasteiger partial charge in [0.25, 0.3) is 15.9 Å². The second-order valence-corrected chi connectivity index (χ2v) is 8.46. The van der Waals surface area contributed by atoms with Crippen LogP contribution >= 0.6 is 0 Å². The highest BCUT2D eigenvalue weighted by Crippen LogP contribution is 2.26. The number of carbonyl (C=O) groups excluding carboxylic acids is 1. The van der Waals surface area contributed by atoms with Gasteiger partial charge in [0, 0.05) is 31.0 Å². The van der Waals surface area contributed by atoms with E-state index in [2.05, 4.69) is 10.0 Å². The van der Waals surface area contributed by atoms with Gasteiger partial charge in [0.2, 0.25) is 0 Å². The summed E-state index contributed by atoms with van der Waals surface area (Å²) in [5.41, 5.74) is -0.274. The molecule has 0 aliphatic heterocycles. The average Bonchev–Trinajstić information content (AvgIpc) is 2.69. The van der Waals surface area contributed by atoms with E-state index in [1.165, 1.54) is 49.3 Å². The molecule has 0 radical (unpaired) electrons. The van der Waals surface area contributed by atoms with Gasteiger partial charge in [-0.25, -0.2) is 21.6 Å². The molecule has 0 spiro atoms. The van der Waals surface area contributed by atoms with Crippen molar-refractivity contribution < 1.29 is 26.4 Å². The lowest BCUT2D eigenvalue weighted by atomic mass is 10.2. The van der Waals surface area contributed by atoms with Gasteiger partial charge in [-0.05, 0) is 54.6 Å². The molecule has 0 saturated carbocycles. The Morgan fingerprint density at radius 3 is 2.06 bits per heavy atom. The first-order valence-electron chi connectivity index (χ1n) is 8.93. The van der Waals surface area contributed by atoms with E-state index in [1.54, 1.807) is 0 Å². The maximum Gasteiger partial charge on any atom is 0.261 e. The molecule has 0 aliphatic rings. The van der Waals surface area contributed by atoms with E-state index in [-0.39, 0.29) is 27.5 Å². The van der Waals surface area contributed by atoms with Gasteiger partial charge in [-0.15, -0.1) is 0 Å². The van der Waals surface area contributed by atoms with Crippen LogP contribution in [0.25, 0.3) is 0 Å². The topological polar surface area (TPSA) is 78.5 Å². The van der Waals surface area contributed by atoms with Crippen LogP contribution in [0.1, 0.15) is 10.4 Å². The molecule has 31 heavy (non-hydrogen) atoms. The molecule has 0 unspecified atom stereocenters. The summed E-state index contributed by atoms with van der Waals surface area (Å²) in [6, 6.07) is 11.7. The van der Waals surface area contributed by atoms with Crippen molar-refractivity contribution in [3.8, 4) is 0 Å². The normalized spacial score (nSPS) is 11.1. The molecule has 0 fully saturated rings. The highest BCUT2D eigenvalue weighted by molar-refractivity contribution is 7.92. The molecule has 0 aromatic heterocycles. The van der Waals surface area contributed by atoms with Gasteiger partial charge in [0.05, 0.1) is 4.90 Å². The van der Waals surface area contributed by atoms with E-state index >= 15 is 0 Å². The minimum atomic E-state index is -4.06. The second kappa shape index (κ2) is 8.68. The Hall–Kier alpha value is -3.53. The zero-order chi connectivity index (χ0) is 22.8. The Labute approximate surface area is 177 Å². The summed E-state index contributed by atoms with van der Waals surface area (Å²) < 4.78 is 68.7. The summed E-state index contributed by atoms with van der Waals surface area (Å²) in [6.07, 6.45) is 0. The molecule has 0 saturated heterocycles. The van der Waals surface area contributed by atoms with Crippen molar-refractivity contribution in [2.45, 2.75) is 4.90 Å². The second-order valence-electron chi connectivity index (χ2n) is 6.78. The fraction of sp³-hybridized carbons (Fsp3) is 0.0952. The van der Waals surface area contributed by atoms with Gasteiger partial charge in [0.1, 0.15) is 11.5 Å². The van der Waals surface area contributed by atoms with Crippen LogP contribution in [-0.4, -0.2) is 28.4 Å². The number of sulfonamides is 1. The molecule has 3 aromatic carbocycles. The highest BCUT2D eigenvalue weighted by Gasteiger charge is 2.18. The SMILES string of the molecule is CN(C)c1c(F)cc(NC(=O)c2cccc(S(=O)(=O)Nc3ccc(F)cc3)c2)cc1F. The van der Waals surface area contributed by atoms with Crippen molar-refractivity contribution in [2.24, 2.45) is 0 Å². The molecule has 0 atom stereocenters. The van der Waals surface area contributed by atoms with Crippen LogP contribution in [0.3, 0.4) is 0 Å². The molecular weight excluding hydrogens is 431 g/mol. The van der Waals surface area contributed by atoms with E-state index < -0.39 is 33.4 Å². The largest absolute Gasteiger partial charge is 0.373 e. The number of nitrogens with zero attached hydrogens (tertiary/aromatic N) is 1. The molecule has 0 heterocycles. The van der Waals surface area contributed by atoms with E-state index in [9.17, 15) is 26.4 Å². The van der Waals surface area contributed by atoms with Crippen LogP contribution in [0.5, 0.6) is 0 Å².